The Labute approximate surface area is 271 Å². The van der Waals surface area contributed by atoms with Crippen LogP contribution in [0, 0.1) is 0 Å². The lowest BCUT2D eigenvalue weighted by atomic mass is 10.0. The van der Waals surface area contributed by atoms with E-state index in [1.165, 1.54) is 11.3 Å². The first kappa shape index (κ1) is 26.1. The van der Waals surface area contributed by atoms with Crippen molar-refractivity contribution < 1.29 is 0 Å². The molecule has 0 atom stereocenters. The maximum absolute atomic E-state index is 13.4. The second kappa shape index (κ2) is 9.91. The van der Waals surface area contributed by atoms with Crippen molar-refractivity contribution in [3.05, 3.63) is 150 Å². The van der Waals surface area contributed by atoms with Crippen LogP contribution < -0.4 is 5.56 Å². The van der Waals surface area contributed by atoms with E-state index in [2.05, 4.69) is 83.4 Å². The summed E-state index contributed by atoms with van der Waals surface area (Å²) in [4.78, 5) is 29.2. The van der Waals surface area contributed by atoms with Gasteiger partial charge in [0.2, 0.25) is 5.95 Å². The SMILES string of the molecule is O=c1c2ccccc2nc2sc3cc(-c4ccc5c(c4)c4ccccc4n5-c4nc(-c5ccccc5)c5ccccc5n4)ccc3n12. The molecule has 0 amide bonds. The van der Waals surface area contributed by atoms with Gasteiger partial charge in [-0.25, -0.2) is 15.0 Å². The highest BCUT2D eigenvalue weighted by atomic mass is 32.1. The van der Waals surface area contributed by atoms with Gasteiger partial charge in [-0.05, 0) is 59.7 Å². The molecule has 6 aromatic carbocycles. The summed E-state index contributed by atoms with van der Waals surface area (Å²) in [6.07, 6.45) is 0. The first-order valence-corrected chi connectivity index (χ1v) is 16.2. The predicted molar refractivity (Wildman–Crippen MR) is 193 cm³/mol. The van der Waals surface area contributed by atoms with Crippen molar-refractivity contribution in [3.63, 3.8) is 0 Å². The van der Waals surface area contributed by atoms with Crippen LogP contribution in [0.2, 0.25) is 0 Å². The lowest BCUT2D eigenvalue weighted by Crippen LogP contribution is -2.13. The van der Waals surface area contributed by atoms with Gasteiger partial charge in [-0.2, -0.15) is 0 Å². The van der Waals surface area contributed by atoms with Crippen LogP contribution in [-0.4, -0.2) is 23.9 Å². The second-order valence-electron chi connectivity index (χ2n) is 11.7. The smallest absolute Gasteiger partial charge is 0.266 e. The Hall–Kier alpha value is -6.18. The number of thiazole rings is 1. The zero-order valence-electron chi connectivity index (χ0n) is 24.8. The fourth-order valence-electron chi connectivity index (χ4n) is 6.80. The number of rotatable bonds is 3. The lowest BCUT2D eigenvalue weighted by Gasteiger charge is -2.11. The largest absolute Gasteiger partial charge is 0.278 e. The number of hydrogen-bond acceptors (Lipinski definition) is 5. The molecule has 10 rings (SSSR count). The monoisotopic (exact) mass is 621 g/mol. The van der Waals surface area contributed by atoms with Crippen molar-refractivity contribution in [2.45, 2.75) is 0 Å². The van der Waals surface area contributed by atoms with Crippen LogP contribution >= 0.6 is 11.3 Å². The van der Waals surface area contributed by atoms with E-state index in [4.69, 9.17) is 15.0 Å². The Balaban J connectivity index is 1.17. The van der Waals surface area contributed by atoms with Gasteiger partial charge in [0.15, 0.2) is 4.96 Å². The maximum atomic E-state index is 13.4. The van der Waals surface area contributed by atoms with Gasteiger partial charge in [-0.1, -0.05) is 102 Å². The van der Waals surface area contributed by atoms with E-state index in [0.29, 0.717) is 16.3 Å². The minimum atomic E-state index is -0.0369. The molecule has 0 saturated carbocycles. The number of aromatic nitrogens is 5. The third kappa shape index (κ3) is 3.90. The molecular formula is C40H23N5OS. The van der Waals surface area contributed by atoms with E-state index in [-0.39, 0.29) is 5.56 Å². The van der Waals surface area contributed by atoms with Crippen LogP contribution in [0.25, 0.3) is 87.1 Å². The molecule has 0 unspecified atom stereocenters. The highest BCUT2D eigenvalue weighted by Crippen LogP contribution is 2.37. The molecule has 4 heterocycles. The summed E-state index contributed by atoms with van der Waals surface area (Å²) in [5.74, 6) is 0.638. The second-order valence-corrected chi connectivity index (χ2v) is 12.7. The summed E-state index contributed by atoms with van der Waals surface area (Å²) in [5.41, 5.74) is 8.67. The minimum absolute atomic E-state index is 0.0369. The third-order valence-electron chi connectivity index (χ3n) is 8.99. The molecule has 7 heteroatoms. The molecule has 10 aromatic rings. The summed E-state index contributed by atoms with van der Waals surface area (Å²) < 4.78 is 4.92. The highest BCUT2D eigenvalue weighted by Gasteiger charge is 2.18. The quantitative estimate of drug-likeness (QED) is 0.197. The molecule has 4 aromatic heterocycles. The first-order valence-electron chi connectivity index (χ1n) is 15.4. The summed E-state index contributed by atoms with van der Waals surface area (Å²) in [7, 11) is 0. The highest BCUT2D eigenvalue weighted by molar-refractivity contribution is 7.23. The molecule has 0 bridgehead atoms. The van der Waals surface area contributed by atoms with Gasteiger partial charge >= 0.3 is 0 Å². The molecule has 0 aliphatic carbocycles. The molecule has 0 fully saturated rings. The molecule has 0 saturated heterocycles. The molecule has 0 spiro atoms. The minimum Gasteiger partial charge on any atom is -0.278 e. The lowest BCUT2D eigenvalue weighted by molar-refractivity contribution is 1.01. The fraction of sp³-hybridized carbons (Fsp3) is 0. The average molecular weight is 622 g/mol. The van der Waals surface area contributed by atoms with Gasteiger partial charge < -0.3 is 0 Å². The Morgan fingerprint density at radius 2 is 1.13 bits per heavy atom. The van der Waals surface area contributed by atoms with Gasteiger partial charge in [-0.3, -0.25) is 13.8 Å². The topological polar surface area (TPSA) is 65.1 Å². The van der Waals surface area contributed by atoms with Crippen molar-refractivity contribution in [2.75, 3.05) is 0 Å². The Bertz CT molecular complexity index is 2940. The van der Waals surface area contributed by atoms with Crippen LogP contribution in [0.3, 0.4) is 0 Å². The Kier molecular flexibility index (Phi) is 5.50. The summed E-state index contributed by atoms with van der Waals surface area (Å²) >= 11 is 1.54. The first-order chi connectivity index (χ1) is 23.2. The van der Waals surface area contributed by atoms with Crippen molar-refractivity contribution >= 4 is 70.1 Å². The van der Waals surface area contributed by atoms with Crippen LogP contribution in [0.15, 0.2) is 144 Å². The van der Waals surface area contributed by atoms with Gasteiger partial charge in [0.1, 0.15) is 0 Å². The van der Waals surface area contributed by atoms with Gasteiger partial charge in [0.05, 0.1) is 43.4 Å². The molecule has 0 radical (unpaired) electrons. The van der Waals surface area contributed by atoms with E-state index in [1.807, 2.05) is 60.7 Å². The van der Waals surface area contributed by atoms with E-state index in [9.17, 15) is 4.79 Å². The van der Waals surface area contributed by atoms with E-state index in [1.54, 1.807) is 4.40 Å². The molecular weight excluding hydrogens is 599 g/mol. The number of hydrogen-bond donors (Lipinski definition) is 0. The molecule has 0 aliphatic rings. The fourth-order valence-corrected chi connectivity index (χ4v) is 7.86. The molecule has 0 N–H and O–H groups in total. The predicted octanol–water partition coefficient (Wildman–Crippen LogP) is 9.44. The number of fused-ring (bicyclic) bond motifs is 8. The van der Waals surface area contributed by atoms with Crippen LogP contribution in [0.5, 0.6) is 0 Å². The van der Waals surface area contributed by atoms with Crippen molar-refractivity contribution in [1.29, 1.82) is 0 Å². The average Bonchev–Trinajstić information content (AvgIpc) is 3.66. The standard InChI is InChI=1S/C40H23N5OS/c46-38-29-14-5-8-16-32(29)42-40-45(38)35-21-19-26(23-36(35)47-40)25-18-20-34-30(22-25)27-12-6-9-17-33(27)44(34)39-41-31-15-7-4-13-28(31)37(43-39)24-10-2-1-3-11-24/h1-23H. The Morgan fingerprint density at radius 1 is 0.489 bits per heavy atom. The summed E-state index contributed by atoms with van der Waals surface area (Å²) in [6, 6.07) is 47.3. The summed E-state index contributed by atoms with van der Waals surface area (Å²) in [5, 5.41) is 3.90. The van der Waals surface area contributed by atoms with Gasteiger partial charge in [0, 0.05) is 21.7 Å². The van der Waals surface area contributed by atoms with Crippen LogP contribution in [-0.2, 0) is 0 Å². The van der Waals surface area contributed by atoms with Gasteiger partial charge in [-0.15, -0.1) is 0 Å². The number of para-hydroxylation sites is 3. The van der Waals surface area contributed by atoms with Crippen molar-refractivity contribution in [2.24, 2.45) is 0 Å². The normalized spacial score (nSPS) is 11.9. The molecule has 0 aliphatic heterocycles. The van der Waals surface area contributed by atoms with Crippen molar-refractivity contribution in [3.8, 4) is 28.3 Å². The van der Waals surface area contributed by atoms with Crippen LogP contribution in [0.4, 0.5) is 0 Å². The van der Waals surface area contributed by atoms with E-state index < -0.39 is 0 Å². The zero-order chi connectivity index (χ0) is 31.1. The van der Waals surface area contributed by atoms with E-state index in [0.717, 1.165) is 70.8 Å². The van der Waals surface area contributed by atoms with E-state index >= 15 is 0 Å². The maximum Gasteiger partial charge on any atom is 0.266 e. The Morgan fingerprint density at radius 3 is 1.96 bits per heavy atom. The number of nitrogens with zero attached hydrogens (tertiary/aromatic N) is 5. The van der Waals surface area contributed by atoms with Crippen molar-refractivity contribution in [1.82, 2.24) is 23.9 Å². The molecule has 6 nitrogen and oxygen atoms in total. The number of benzene rings is 6. The zero-order valence-corrected chi connectivity index (χ0v) is 25.6. The third-order valence-corrected chi connectivity index (χ3v) is 9.99. The molecule has 47 heavy (non-hydrogen) atoms. The van der Waals surface area contributed by atoms with Gasteiger partial charge in [0.25, 0.3) is 5.56 Å². The summed E-state index contributed by atoms with van der Waals surface area (Å²) in [6.45, 7) is 0. The molecule has 220 valence electrons. The van der Waals surface area contributed by atoms with Crippen LogP contribution in [0.1, 0.15) is 0 Å².